The molecule has 8 heteroatoms. The van der Waals surface area contributed by atoms with Gasteiger partial charge in [0, 0.05) is 30.4 Å². The Bertz CT molecular complexity index is 1010. The van der Waals surface area contributed by atoms with Crippen LogP contribution < -0.4 is 10.1 Å². The highest BCUT2D eigenvalue weighted by Crippen LogP contribution is 2.23. The molecule has 3 rings (SSSR count). The second kappa shape index (κ2) is 9.42. The lowest BCUT2D eigenvalue weighted by Crippen LogP contribution is -2.48. The van der Waals surface area contributed by atoms with Crippen molar-refractivity contribution in [2.75, 3.05) is 25.5 Å². The molecule has 1 amide bonds. The summed E-state index contributed by atoms with van der Waals surface area (Å²) in [4.78, 5) is 12.4. The summed E-state index contributed by atoms with van der Waals surface area (Å²) in [5.74, 6) is 0.343. The normalized spacial score (nSPS) is 20.2. The Morgan fingerprint density at radius 3 is 2.37 bits per heavy atom. The fourth-order valence-electron chi connectivity index (χ4n) is 3.34. The highest BCUT2D eigenvalue weighted by Gasteiger charge is 2.32. The van der Waals surface area contributed by atoms with Crippen LogP contribution in [0.15, 0.2) is 59.5 Å². The summed E-state index contributed by atoms with van der Waals surface area (Å²) in [5.41, 5.74) is 1.29. The summed E-state index contributed by atoms with van der Waals surface area (Å²) < 4.78 is 38.1. The Morgan fingerprint density at radius 1 is 1.10 bits per heavy atom. The molecule has 160 valence electrons. The minimum Gasteiger partial charge on any atom is -0.496 e. The van der Waals surface area contributed by atoms with E-state index in [1.807, 2.05) is 38.1 Å². The zero-order valence-corrected chi connectivity index (χ0v) is 18.1. The second-order valence-electron chi connectivity index (χ2n) is 7.17. The van der Waals surface area contributed by atoms with E-state index >= 15 is 0 Å². The SMILES string of the molecule is COc1ccccc1/C=C/C(=O)Nc1ccc(S(=O)(=O)N2CC(C)OC(C)C2)cc1. The number of morpholine rings is 1. The fourth-order valence-corrected chi connectivity index (χ4v) is 4.93. The minimum atomic E-state index is -3.61. The number of carbonyl (C=O) groups is 1. The molecule has 0 bridgehead atoms. The van der Waals surface area contributed by atoms with E-state index in [1.54, 1.807) is 25.3 Å². The molecule has 7 nitrogen and oxygen atoms in total. The molecule has 2 aromatic carbocycles. The number of ether oxygens (including phenoxy) is 2. The Labute approximate surface area is 177 Å². The van der Waals surface area contributed by atoms with Gasteiger partial charge in [0.1, 0.15) is 5.75 Å². The Balaban J connectivity index is 1.67. The van der Waals surface area contributed by atoms with Crippen molar-refractivity contribution in [3.8, 4) is 5.75 Å². The van der Waals surface area contributed by atoms with Crippen LogP contribution in [-0.4, -0.2) is 51.0 Å². The lowest BCUT2D eigenvalue weighted by atomic mass is 10.2. The van der Waals surface area contributed by atoms with E-state index in [1.165, 1.54) is 22.5 Å². The van der Waals surface area contributed by atoms with Gasteiger partial charge in [0.05, 0.1) is 24.2 Å². The Hall–Kier alpha value is -2.68. The molecule has 0 aromatic heterocycles. The zero-order chi connectivity index (χ0) is 21.7. The van der Waals surface area contributed by atoms with Crippen molar-refractivity contribution in [2.45, 2.75) is 31.0 Å². The maximum absolute atomic E-state index is 12.9. The number of nitrogens with zero attached hydrogens (tertiary/aromatic N) is 1. The van der Waals surface area contributed by atoms with E-state index < -0.39 is 10.0 Å². The number of methoxy groups -OCH3 is 1. The van der Waals surface area contributed by atoms with Gasteiger partial charge in [-0.05, 0) is 50.3 Å². The van der Waals surface area contributed by atoms with E-state index in [0.29, 0.717) is 24.5 Å². The van der Waals surface area contributed by atoms with E-state index in [9.17, 15) is 13.2 Å². The van der Waals surface area contributed by atoms with Crippen LogP contribution in [0.3, 0.4) is 0 Å². The van der Waals surface area contributed by atoms with E-state index in [-0.39, 0.29) is 23.0 Å². The van der Waals surface area contributed by atoms with Gasteiger partial charge in [0.15, 0.2) is 0 Å². The van der Waals surface area contributed by atoms with Gasteiger partial charge in [0.25, 0.3) is 0 Å². The van der Waals surface area contributed by atoms with Gasteiger partial charge < -0.3 is 14.8 Å². The molecule has 1 aliphatic rings. The molecule has 30 heavy (non-hydrogen) atoms. The summed E-state index contributed by atoms with van der Waals surface area (Å²) in [6, 6.07) is 13.5. The summed E-state index contributed by atoms with van der Waals surface area (Å²) in [7, 11) is -2.04. The Kier molecular flexibility index (Phi) is 6.91. The molecule has 2 atom stereocenters. The Morgan fingerprint density at radius 2 is 1.73 bits per heavy atom. The second-order valence-corrected chi connectivity index (χ2v) is 9.11. The molecule has 2 unspecified atom stereocenters. The minimum absolute atomic E-state index is 0.155. The quantitative estimate of drug-likeness (QED) is 0.712. The average Bonchev–Trinajstić information content (AvgIpc) is 2.72. The molecule has 1 heterocycles. The summed E-state index contributed by atoms with van der Waals surface area (Å²) in [5, 5.41) is 2.73. The number of para-hydroxylation sites is 1. The number of hydrogen-bond acceptors (Lipinski definition) is 5. The van der Waals surface area contributed by atoms with Gasteiger partial charge in [0.2, 0.25) is 15.9 Å². The first kappa shape index (κ1) is 22.0. The number of rotatable bonds is 6. The number of hydrogen-bond donors (Lipinski definition) is 1. The van der Waals surface area contributed by atoms with Crippen molar-refractivity contribution in [2.24, 2.45) is 0 Å². The number of anilines is 1. The molecule has 1 fully saturated rings. The molecular formula is C22H26N2O5S. The highest BCUT2D eigenvalue weighted by molar-refractivity contribution is 7.89. The van der Waals surface area contributed by atoms with Gasteiger partial charge in [-0.15, -0.1) is 0 Å². The summed E-state index contributed by atoms with van der Waals surface area (Å²) in [6.07, 6.45) is 2.75. The third-order valence-electron chi connectivity index (χ3n) is 4.70. The average molecular weight is 431 g/mol. The third kappa shape index (κ3) is 5.27. The van der Waals surface area contributed by atoms with Crippen LogP contribution in [0.4, 0.5) is 5.69 Å². The van der Waals surface area contributed by atoms with Crippen LogP contribution >= 0.6 is 0 Å². The summed E-state index contributed by atoms with van der Waals surface area (Å²) >= 11 is 0. The molecule has 0 aliphatic carbocycles. The molecule has 0 radical (unpaired) electrons. The number of carbonyl (C=O) groups excluding carboxylic acids is 1. The van der Waals surface area contributed by atoms with Gasteiger partial charge >= 0.3 is 0 Å². The standard InChI is InChI=1S/C22H26N2O5S/c1-16-14-24(15-17(2)29-16)30(26,27)20-11-9-19(10-12-20)23-22(25)13-8-18-6-4-5-7-21(18)28-3/h4-13,16-17H,14-15H2,1-3H3,(H,23,25)/b13-8+. The van der Waals surface area contributed by atoms with E-state index in [0.717, 1.165) is 5.56 Å². The lowest BCUT2D eigenvalue weighted by molar-refractivity contribution is -0.111. The number of benzene rings is 2. The van der Waals surface area contributed by atoms with Crippen molar-refractivity contribution in [3.05, 3.63) is 60.2 Å². The fraction of sp³-hybridized carbons (Fsp3) is 0.318. The zero-order valence-electron chi connectivity index (χ0n) is 17.2. The van der Waals surface area contributed by atoms with Crippen molar-refractivity contribution in [1.29, 1.82) is 0 Å². The highest BCUT2D eigenvalue weighted by atomic mass is 32.2. The van der Waals surface area contributed by atoms with Gasteiger partial charge in [-0.1, -0.05) is 18.2 Å². The first-order valence-electron chi connectivity index (χ1n) is 9.67. The molecule has 1 N–H and O–H groups in total. The van der Waals surface area contributed by atoms with Gasteiger partial charge in [-0.2, -0.15) is 4.31 Å². The first-order chi connectivity index (χ1) is 14.3. The van der Waals surface area contributed by atoms with Crippen LogP contribution in [0, 0.1) is 0 Å². The number of nitrogens with one attached hydrogen (secondary N) is 1. The number of sulfonamides is 1. The van der Waals surface area contributed by atoms with Crippen LogP contribution in [-0.2, 0) is 19.6 Å². The molecule has 2 aromatic rings. The van der Waals surface area contributed by atoms with Crippen molar-refractivity contribution in [1.82, 2.24) is 4.31 Å². The maximum Gasteiger partial charge on any atom is 0.248 e. The van der Waals surface area contributed by atoms with Crippen LogP contribution in [0.2, 0.25) is 0 Å². The molecular weight excluding hydrogens is 404 g/mol. The number of amides is 1. The summed E-state index contributed by atoms with van der Waals surface area (Å²) in [6.45, 7) is 4.35. The van der Waals surface area contributed by atoms with E-state index in [4.69, 9.17) is 9.47 Å². The smallest absolute Gasteiger partial charge is 0.248 e. The third-order valence-corrected chi connectivity index (χ3v) is 6.54. The lowest BCUT2D eigenvalue weighted by Gasteiger charge is -2.34. The molecule has 0 spiro atoms. The molecule has 1 saturated heterocycles. The van der Waals surface area contributed by atoms with Crippen LogP contribution in [0.1, 0.15) is 19.4 Å². The topological polar surface area (TPSA) is 84.9 Å². The van der Waals surface area contributed by atoms with E-state index in [2.05, 4.69) is 5.32 Å². The van der Waals surface area contributed by atoms with Crippen LogP contribution in [0.25, 0.3) is 6.08 Å². The van der Waals surface area contributed by atoms with Gasteiger partial charge in [-0.3, -0.25) is 4.79 Å². The largest absolute Gasteiger partial charge is 0.496 e. The predicted octanol–water partition coefficient (Wildman–Crippen LogP) is 3.15. The van der Waals surface area contributed by atoms with Crippen molar-refractivity contribution >= 4 is 27.7 Å². The van der Waals surface area contributed by atoms with Crippen molar-refractivity contribution in [3.63, 3.8) is 0 Å². The monoisotopic (exact) mass is 430 g/mol. The molecule has 0 saturated carbocycles. The van der Waals surface area contributed by atoms with Crippen LogP contribution in [0.5, 0.6) is 5.75 Å². The first-order valence-corrected chi connectivity index (χ1v) is 11.1. The van der Waals surface area contributed by atoms with Gasteiger partial charge in [-0.25, -0.2) is 8.42 Å². The van der Waals surface area contributed by atoms with Crippen molar-refractivity contribution < 1.29 is 22.7 Å². The maximum atomic E-state index is 12.9. The molecule has 1 aliphatic heterocycles. The predicted molar refractivity (Wildman–Crippen MR) is 116 cm³/mol.